The maximum atomic E-state index is 15.6. The number of hydrogen-bond donors (Lipinski definition) is 3. The molecule has 17 heteroatoms. The number of nitrogens with two attached hydrogens (primary N) is 1. The van der Waals surface area contributed by atoms with Crippen molar-refractivity contribution < 1.29 is 37.4 Å². The molecule has 1 aliphatic rings. The van der Waals surface area contributed by atoms with Crippen molar-refractivity contribution in [1.82, 2.24) is 24.6 Å². The minimum atomic E-state index is -4.35. The molecule has 218 valence electrons. The van der Waals surface area contributed by atoms with Crippen LogP contribution in [0, 0.1) is 0 Å². The lowest BCUT2D eigenvalue weighted by Crippen LogP contribution is -2.48. The van der Waals surface area contributed by atoms with Crippen molar-refractivity contribution in [2.75, 3.05) is 44.3 Å². The number of alkyl halides is 2. The van der Waals surface area contributed by atoms with Gasteiger partial charge in [-0.1, -0.05) is 18.2 Å². The van der Waals surface area contributed by atoms with Crippen LogP contribution >= 0.6 is 19.3 Å². The zero-order valence-corrected chi connectivity index (χ0v) is 23.8. The third-order valence-corrected chi connectivity index (χ3v) is 8.24. The first-order chi connectivity index (χ1) is 18.9. The SMILES string of the molecule is COC(=O)[C@H](C)N[P@@](=O)(OC[C@@]1(CCl)O[C@@H](n2cnc3c(N(C)C)nc(N)nc32)[C@H](F)[C@@H]1O)Oc1ccccc1. The number of carbonyl (C=O) groups excluding carboxylic acids is 1. The Morgan fingerprint density at radius 2 is 2.08 bits per heavy atom. The molecule has 4 N–H and O–H groups in total. The van der Waals surface area contributed by atoms with Crippen molar-refractivity contribution in [2.24, 2.45) is 0 Å². The van der Waals surface area contributed by atoms with E-state index in [1.807, 2.05) is 0 Å². The van der Waals surface area contributed by atoms with E-state index in [2.05, 4.69) is 24.8 Å². The van der Waals surface area contributed by atoms with Crippen molar-refractivity contribution in [3.05, 3.63) is 36.7 Å². The molecule has 0 saturated carbocycles. The van der Waals surface area contributed by atoms with Crippen LogP contribution in [0.25, 0.3) is 11.2 Å². The Hall–Kier alpha value is -3.07. The average molecular weight is 602 g/mol. The van der Waals surface area contributed by atoms with Gasteiger partial charge in [-0.2, -0.15) is 15.1 Å². The molecule has 14 nitrogen and oxygen atoms in total. The second-order valence-corrected chi connectivity index (χ2v) is 11.2. The van der Waals surface area contributed by atoms with Gasteiger partial charge in [-0.15, -0.1) is 11.6 Å². The molecule has 1 saturated heterocycles. The van der Waals surface area contributed by atoms with E-state index >= 15 is 4.39 Å². The van der Waals surface area contributed by atoms with E-state index in [-0.39, 0.29) is 17.3 Å². The molecule has 1 fully saturated rings. The number of hydrogen-bond acceptors (Lipinski definition) is 12. The standard InChI is InChI=1S/C23H30ClFN7O7P/c1-13(21(34)36-4)30-40(35,39-14-8-6-5-7-9-14)37-11-23(10-24)17(33)15(25)20(38-23)32-12-27-16-18(31(2)3)28-22(26)29-19(16)32/h5-9,12-13,15,17,20,33H,10-11H2,1-4H3,(H,30,35)(H2,26,28,29)/t13-,15+,17-,20+,23+,40+/m0/s1. The maximum Gasteiger partial charge on any atom is 0.459 e. The fourth-order valence-electron chi connectivity index (χ4n) is 4.09. The van der Waals surface area contributed by atoms with Gasteiger partial charge in [-0.25, -0.2) is 13.9 Å². The minimum absolute atomic E-state index is 0.0800. The number of imidazole rings is 1. The largest absolute Gasteiger partial charge is 0.468 e. The fraction of sp³-hybridized carbons (Fsp3) is 0.478. The van der Waals surface area contributed by atoms with Gasteiger partial charge in [0.25, 0.3) is 0 Å². The lowest BCUT2D eigenvalue weighted by molar-refractivity contribution is -0.142. The average Bonchev–Trinajstić information content (AvgIpc) is 3.45. The van der Waals surface area contributed by atoms with Gasteiger partial charge in [0, 0.05) is 14.1 Å². The monoisotopic (exact) mass is 601 g/mol. The fourth-order valence-corrected chi connectivity index (χ4v) is 5.93. The van der Waals surface area contributed by atoms with Gasteiger partial charge in [-0.3, -0.25) is 13.9 Å². The van der Waals surface area contributed by atoms with Crippen LogP contribution in [0.1, 0.15) is 13.2 Å². The number of aliphatic hydroxyl groups excluding tert-OH is 1. The molecule has 0 spiro atoms. The van der Waals surface area contributed by atoms with Crippen LogP contribution in [0.2, 0.25) is 0 Å². The molecule has 3 aromatic rings. The van der Waals surface area contributed by atoms with Gasteiger partial charge in [-0.05, 0) is 19.1 Å². The number of halogens is 2. The quantitative estimate of drug-likeness (QED) is 0.165. The van der Waals surface area contributed by atoms with Crippen LogP contribution < -0.4 is 20.2 Å². The molecule has 0 bridgehead atoms. The molecule has 1 aliphatic heterocycles. The summed E-state index contributed by atoms with van der Waals surface area (Å²) in [5, 5.41) is 13.4. The number of benzene rings is 1. The minimum Gasteiger partial charge on any atom is -0.468 e. The number of anilines is 2. The van der Waals surface area contributed by atoms with Crippen LogP contribution in [-0.4, -0.2) is 88.2 Å². The van der Waals surface area contributed by atoms with E-state index in [0.717, 1.165) is 7.11 Å². The number of methoxy groups -OCH3 is 1. The van der Waals surface area contributed by atoms with E-state index in [1.54, 1.807) is 37.2 Å². The molecule has 0 amide bonds. The lowest BCUT2D eigenvalue weighted by atomic mass is 9.99. The first-order valence-corrected chi connectivity index (χ1v) is 14.1. The van der Waals surface area contributed by atoms with Crippen LogP contribution in [0.4, 0.5) is 16.2 Å². The van der Waals surface area contributed by atoms with Crippen LogP contribution in [0.3, 0.4) is 0 Å². The first kappa shape index (κ1) is 29.9. The number of para-hydroxylation sites is 1. The maximum absolute atomic E-state index is 15.6. The topological polar surface area (TPSA) is 176 Å². The number of nitrogens with zero attached hydrogens (tertiary/aromatic N) is 5. The van der Waals surface area contributed by atoms with Gasteiger partial charge in [0.15, 0.2) is 29.4 Å². The van der Waals surface area contributed by atoms with Crippen molar-refractivity contribution >= 4 is 48.2 Å². The third-order valence-electron chi connectivity index (χ3n) is 6.17. The van der Waals surface area contributed by atoms with E-state index in [9.17, 15) is 14.5 Å². The number of aromatic nitrogens is 4. The number of esters is 1. The highest BCUT2D eigenvalue weighted by molar-refractivity contribution is 7.52. The highest BCUT2D eigenvalue weighted by atomic mass is 35.5. The Morgan fingerprint density at radius 1 is 1.38 bits per heavy atom. The Morgan fingerprint density at radius 3 is 2.70 bits per heavy atom. The molecule has 4 rings (SSSR count). The molecule has 6 atom stereocenters. The molecule has 0 radical (unpaired) electrons. The molecular formula is C23H30ClFN7O7P. The summed E-state index contributed by atoms with van der Waals surface area (Å²) in [5.74, 6) is -0.729. The number of fused-ring (bicyclic) bond motifs is 1. The molecule has 40 heavy (non-hydrogen) atoms. The summed E-state index contributed by atoms with van der Waals surface area (Å²) in [6.07, 6.45) is -4.04. The highest BCUT2D eigenvalue weighted by Crippen LogP contribution is 2.49. The van der Waals surface area contributed by atoms with Crippen molar-refractivity contribution in [2.45, 2.75) is 37.1 Å². The predicted octanol–water partition coefficient (Wildman–Crippen LogP) is 2.03. The smallest absolute Gasteiger partial charge is 0.459 e. The molecule has 0 unspecified atom stereocenters. The Labute approximate surface area is 234 Å². The van der Waals surface area contributed by atoms with Crippen LogP contribution in [0.5, 0.6) is 5.75 Å². The number of nitrogen functional groups attached to an aromatic ring is 1. The summed E-state index contributed by atoms with van der Waals surface area (Å²) >= 11 is 6.20. The Balaban J connectivity index is 1.63. The zero-order chi connectivity index (χ0) is 29.2. The number of nitrogens with one attached hydrogen (secondary N) is 1. The van der Waals surface area contributed by atoms with Gasteiger partial charge in [0.1, 0.15) is 23.5 Å². The van der Waals surface area contributed by atoms with Gasteiger partial charge >= 0.3 is 13.7 Å². The molecule has 3 heterocycles. The predicted molar refractivity (Wildman–Crippen MR) is 144 cm³/mol. The van der Waals surface area contributed by atoms with Crippen molar-refractivity contribution in [1.29, 1.82) is 0 Å². The number of aliphatic hydroxyl groups is 1. The molecular weight excluding hydrogens is 572 g/mol. The Kier molecular flexibility index (Phi) is 8.83. The number of ether oxygens (including phenoxy) is 2. The molecule has 1 aromatic carbocycles. The second kappa shape index (κ2) is 11.8. The van der Waals surface area contributed by atoms with Gasteiger partial charge in [0.2, 0.25) is 5.95 Å². The van der Waals surface area contributed by atoms with Crippen molar-refractivity contribution in [3.63, 3.8) is 0 Å². The zero-order valence-electron chi connectivity index (χ0n) is 22.1. The van der Waals surface area contributed by atoms with Crippen LogP contribution in [0.15, 0.2) is 36.7 Å². The van der Waals surface area contributed by atoms with Crippen molar-refractivity contribution in [3.8, 4) is 5.75 Å². The summed E-state index contributed by atoms with van der Waals surface area (Å²) in [6.45, 7) is 0.702. The highest BCUT2D eigenvalue weighted by Gasteiger charge is 2.57. The van der Waals surface area contributed by atoms with E-state index in [1.165, 1.54) is 30.0 Å². The number of carbonyl (C=O) groups is 1. The summed E-state index contributed by atoms with van der Waals surface area (Å²) in [5.41, 5.74) is 4.45. The van der Waals surface area contributed by atoms with E-state index < -0.39 is 56.3 Å². The van der Waals surface area contributed by atoms with Gasteiger partial charge in [0.05, 0.1) is 25.9 Å². The summed E-state index contributed by atoms with van der Waals surface area (Å²) in [6, 6.07) is 6.92. The summed E-state index contributed by atoms with van der Waals surface area (Å²) in [4.78, 5) is 26.3. The van der Waals surface area contributed by atoms with E-state index in [0.29, 0.717) is 11.3 Å². The first-order valence-electron chi connectivity index (χ1n) is 12.0. The summed E-state index contributed by atoms with van der Waals surface area (Å²) in [7, 11) is 0.279. The normalized spacial score (nSPS) is 24.9. The van der Waals surface area contributed by atoms with E-state index in [4.69, 9.17) is 31.1 Å². The van der Waals surface area contributed by atoms with Gasteiger partial charge < -0.3 is 29.7 Å². The molecule has 0 aliphatic carbocycles. The molecule has 2 aromatic heterocycles. The van der Waals surface area contributed by atoms with Crippen LogP contribution in [-0.2, 0) is 23.4 Å². The lowest BCUT2D eigenvalue weighted by Gasteiger charge is -2.31. The third kappa shape index (κ3) is 5.85. The second-order valence-electron chi connectivity index (χ2n) is 9.27. The Bertz CT molecular complexity index is 1400. The number of rotatable bonds is 11. The summed E-state index contributed by atoms with van der Waals surface area (Å²) < 4.78 is 52.5.